The van der Waals surface area contributed by atoms with E-state index in [1.54, 1.807) is 0 Å². The van der Waals surface area contributed by atoms with Crippen LogP contribution in [-0.2, 0) is 9.53 Å². The van der Waals surface area contributed by atoms with Crippen LogP contribution in [0.15, 0.2) is 30.3 Å². The number of aliphatic hydroxyl groups excluding tert-OH is 1. The monoisotopic (exact) mass is 250 g/mol. The number of aliphatic hydroxyl groups is 1. The van der Waals surface area contributed by atoms with Gasteiger partial charge in [0.1, 0.15) is 6.04 Å². The summed E-state index contributed by atoms with van der Waals surface area (Å²) in [6.45, 7) is 1.56. The third kappa shape index (κ3) is 3.29. The number of nitrogens with one attached hydrogen (secondary N) is 2. The van der Waals surface area contributed by atoms with E-state index in [4.69, 9.17) is 4.74 Å². The number of rotatable bonds is 4. The Balaban J connectivity index is 1.95. The molecule has 1 unspecified atom stereocenters. The van der Waals surface area contributed by atoms with Crippen LogP contribution in [0.2, 0.25) is 0 Å². The van der Waals surface area contributed by atoms with Gasteiger partial charge in [0, 0.05) is 6.54 Å². The van der Waals surface area contributed by atoms with Gasteiger partial charge in [0.05, 0.1) is 25.9 Å². The number of amides is 1. The molecule has 1 amide bonds. The minimum absolute atomic E-state index is 0.122. The van der Waals surface area contributed by atoms with Crippen molar-refractivity contribution in [1.29, 1.82) is 0 Å². The molecule has 2 rings (SSSR count). The number of carbonyl (C=O) groups is 1. The van der Waals surface area contributed by atoms with Crippen LogP contribution in [0, 0.1) is 0 Å². The Morgan fingerprint density at radius 2 is 2.28 bits per heavy atom. The molecule has 0 spiro atoms. The lowest BCUT2D eigenvalue weighted by molar-refractivity contribution is -0.127. The molecule has 1 heterocycles. The van der Waals surface area contributed by atoms with Gasteiger partial charge >= 0.3 is 0 Å². The largest absolute Gasteiger partial charge is 0.394 e. The molecule has 0 aliphatic carbocycles. The molecule has 0 bridgehead atoms. The van der Waals surface area contributed by atoms with Crippen molar-refractivity contribution in [3.63, 3.8) is 0 Å². The van der Waals surface area contributed by atoms with E-state index in [2.05, 4.69) is 10.6 Å². The minimum atomic E-state index is -0.373. The molecule has 1 aromatic rings. The van der Waals surface area contributed by atoms with E-state index in [9.17, 15) is 9.90 Å². The Morgan fingerprint density at radius 3 is 2.89 bits per heavy atom. The predicted octanol–water partition coefficient (Wildman–Crippen LogP) is -0.175. The summed E-state index contributed by atoms with van der Waals surface area (Å²) < 4.78 is 5.24. The van der Waals surface area contributed by atoms with Crippen molar-refractivity contribution in [2.45, 2.75) is 12.1 Å². The highest BCUT2D eigenvalue weighted by atomic mass is 16.5. The number of morpholine rings is 1. The van der Waals surface area contributed by atoms with Gasteiger partial charge in [0.25, 0.3) is 0 Å². The highest BCUT2D eigenvalue weighted by Crippen LogP contribution is 2.11. The standard InChI is InChI=1S/C13H18N2O3/c16-8-11(10-4-2-1-3-5-10)15-13(17)12-9-18-7-6-14-12/h1-5,11-12,14,16H,6-9H2,(H,15,17)/t11-,12?/m0/s1. The first kappa shape index (κ1) is 13.0. The minimum Gasteiger partial charge on any atom is -0.394 e. The number of hydrogen-bond donors (Lipinski definition) is 3. The summed E-state index contributed by atoms with van der Waals surface area (Å²) in [6.07, 6.45) is 0. The molecular weight excluding hydrogens is 232 g/mol. The quantitative estimate of drug-likeness (QED) is 0.693. The second-order valence-corrected chi connectivity index (χ2v) is 4.24. The van der Waals surface area contributed by atoms with E-state index in [-0.39, 0.29) is 24.6 Å². The molecule has 0 radical (unpaired) electrons. The molecule has 1 aliphatic heterocycles. The first-order chi connectivity index (χ1) is 8.81. The summed E-state index contributed by atoms with van der Waals surface area (Å²) in [6, 6.07) is 8.71. The Hall–Kier alpha value is -1.43. The van der Waals surface area contributed by atoms with Crippen LogP contribution in [0.25, 0.3) is 0 Å². The molecule has 98 valence electrons. The van der Waals surface area contributed by atoms with Crippen LogP contribution in [-0.4, -0.2) is 43.4 Å². The number of ether oxygens (including phenoxy) is 1. The maximum absolute atomic E-state index is 12.0. The Kier molecular flexibility index (Phi) is 4.69. The van der Waals surface area contributed by atoms with E-state index >= 15 is 0 Å². The number of carbonyl (C=O) groups excluding carboxylic acids is 1. The van der Waals surface area contributed by atoms with Gasteiger partial charge in [-0.2, -0.15) is 0 Å². The molecule has 5 nitrogen and oxygen atoms in total. The third-order valence-electron chi connectivity index (χ3n) is 2.94. The molecule has 0 aromatic heterocycles. The van der Waals surface area contributed by atoms with Gasteiger partial charge in [-0.3, -0.25) is 4.79 Å². The fourth-order valence-corrected chi connectivity index (χ4v) is 1.93. The topological polar surface area (TPSA) is 70.6 Å². The third-order valence-corrected chi connectivity index (χ3v) is 2.94. The Labute approximate surface area is 106 Å². The maximum atomic E-state index is 12.0. The van der Waals surface area contributed by atoms with Crippen molar-refractivity contribution < 1.29 is 14.6 Å². The zero-order chi connectivity index (χ0) is 12.8. The lowest BCUT2D eigenvalue weighted by atomic mass is 10.1. The van der Waals surface area contributed by atoms with Crippen molar-refractivity contribution in [1.82, 2.24) is 10.6 Å². The lowest BCUT2D eigenvalue weighted by Gasteiger charge is -2.25. The Bertz CT molecular complexity index is 377. The van der Waals surface area contributed by atoms with Crippen LogP contribution in [0.4, 0.5) is 0 Å². The van der Waals surface area contributed by atoms with Crippen molar-refractivity contribution in [3.05, 3.63) is 35.9 Å². The zero-order valence-electron chi connectivity index (χ0n) is 10.1. The van der Waals surface area contributed by atoms with Gasteiger partial charge < -0.3 is 20.5 Å². The lowest BCUT2D eigenvalue weighted by Crippen LogP contribution is -2.52. The molecule has 18 heavy (non-hydrogen) atoms. The van der Waals surface area contributed by atoms with Gasteiger partial charge in [-0.05, 0) is 5.56 Å². The van der Waals surface area contributed by atoms with Crippen LogP contribution in [0.1, 0.15) is 11.6 Å². The summed E-state index contributed by atoms with van der Waals surface area (Å²) in [5, 5.41) is 15.3. The summed E-state index contributed by atoms with van der Waals surface area (Å²) in [5.74, 6) is -0.141. The second kappa shape index (κ2) is 6.49. The Morgan fingerprint density at radius 1 is 1.50 bits per heavy atom. The second-order valence-electron chi connectivity index (χ2n) is 4.24. The van der Waals surface area contributed by atoms with E-state index in [0.29, 0.717) is 19.8 Å². The highest BCUT2D eigenvalue weighted by molar-refractivity contribution is 5.82. The summed E-state index contributed by atoms with van der Waals surface area (Å²) in [4.78, 5) is 12.0. The van der Waals surface area contributed by atoms with E-state index in [1.165, 1.54) is 0 Å². The molecule has 1 aromatic carbocycles. The molecule has 1 saturated heterocycles. The van der Waals surface area contributed by atoms with Gasteiger partial charge in [-0.1, -0.05) is 30.3 Å². The number of hydrogen-bond acceptors (Lipinski definition) is 4. The highest BCUT2D eigenvalue weighted by Gasteiger charge is 2.23. The molecule has 5 heteroatoms. The maximum Gasteiger partial charge on any atom is 0.240 e. The van der Waals surface area contributed by atoms with Gasteiger partial charge in [-0.15, -0.1) is 0 Å². The summed E-state index contributed by atoms with van der Waals surface area (Å²) >= 11 is 0. The van der Waals surface area contributed by atoms with Crippen molar-refractivity contribution in [2.75, 3.05) is 26.4 Å². The van der Waals surface area contributed by atoms with E-state index < -0.39 is 0 Å². The summed E-state index contributed by atoms with van der Waals surface area (Å²) in [7, 11) is 0. The van der Waals surface area contributed by atoms with Crippen LogP contribution < -0.4 is 10.6 Å². The fourth-order valence-electron chi connectivity index (χ4n) is 1.93. The summed E-state index contributed by atoms with van der Waals surface area (Å²) in [5.41, 5.74) is 0.894. The average Bonchev–Trinajstić information content (AvgIpc) is 2.46. The van der Waals surface area contributed by atoms with E-state index in [1.807, 2.05) is 30.3 Å². The smallest absolute Gasteiger partial charge is 0.240 e. The SMILES string of the molecule is O=C(N[C@@H](CO)c1ccccc1)C1COCCN1. The predicted molar refractivity (Wildman–Crippen MR) is 67.0 cm³/mol. The molecule has 2 atom stereocenters. The van der Waals surface area contributed by atoms with Gasteiger partial charge in [0.2, 0.25) is 5.91 Å². The van der Waals surface area contributed by atoms with Crippen LogP contribution in [0.5, 0.6) is 0 Å². The van der Waals surface area contributed by atoms with Crippen LogP contribution >= 0.6 is 0 Å². The average molecular weight is 250 g/mol. The van der Waals surface area contributed by atoms with Gasteiger partial charge in [-0.25, -0.2) is 0 Å². The first-order valence-corrected chi connectivity index (χ1v) is 6.08. The fraction of sp³-hybridized carbons (Fsp3) is 0.462. The molecule has 1 aliphatic rings. The van der Waals surface area contributed by atoms with Gasteiger partial charge in [0.15, 0.2) is 0 Å². The molecule has 0 saturated carbocycles. The molecular formula is C13H18N2O3. The molecule has 1 fully saturated rings. The normalized spacial score (nSPS) is 21.3. The van der Waals surface area contributed by atoms with Crippen molar-refractivity contribution in [2.24, 2.45) is 0 Å². The van der Waals surface area contributed by atoms with E-state index in [0.717, 1.165) is 5.56 Å². The van der Waals surface area contributed by atoms with Crippen molar-refractivity contribution >= 4 is 5.91 Å². The zero-order valence-corrected chi connectivity index (χ0v) is 10.1. The van der Waals surface area contributed by atoms with Crippen molar-refractivity contribution in [3.8, 4) is 0 Å². The molecule has 3 N–H and O–H groups in total. The first-order valence-electron chi connectivity index (χ1n) is 6.08. The van der Waals surface area contributed by atoms with Crippen LogP contribution in [0.3, 0.4) is 0 Å². The number of benzene rings is 1.